The maximum Gasteiger partial charge on any atom is 0.187 e. The number of allylic oxidation sites excluding steroid dienone is 2. The number of hydrogen-bond acceptors (Lipinski definition) is 1. The smallest absolute Gasteiger partial charge is 0.187 e. The van der Waals surface area contributed by atoms with E-state index >= 15 is 0 Å². The molecule has 0 saturated carbocycles. The molecule has 1 aromatic carbocycles. The summed E-state index contributed by atoms with van der Waals surface area (Å²) in [4.78, 5) is 16.1. The van der Waals surface area contributed by atoms with Gasteiger partial charge in [-0.1, -0.05) is 89.0 Å². The quantitative estimate of drug-likeness (QED) is 0.205. The fourth-order valence-corrected chi connectivity index (χ4v) is 3.72. The zero-order valence-corrected chi connectivity index (χ0v) is 17.4. The molecule has 0 spiro atoms. The Morgan fingerprint density at radius 2 is 1.44 bits per heavy atom. The molecule has 2 rings (SSSR count). The largest absolute Gasteiger partial charge is 0.360 e. The molecule has 2 aromatic rings. The third-order valence-corrected chi connectivity index (χ3v) is 5.39. The number of fused-ring (bicyclic) bond motifs is 1. The normalized spacial score (nSPS) is 11.0. The molecule has 0 aliphatic carbocycles. The number of unbranched alkanes of at least 4 members (excludes halogenated alkanes) is 8. The summed E-state index contributed by atoms with van der Waals surface area (Å²) in [6.45, 7) is 4.50. The topological polar surface area (TPSA) is 32.9 Å². The molecular weight excluding hydrogens is 330 g/mol. The average Bonchev–Trinajstić information content (AvgIpc) is 3.11. The van der Waals surface area contributed by atoms with E-state index in [0.29, 0.717) is 0 Å². The summed E-state index contributed by atoms with van der Waals surface area (Å²) in [5, 5.41) is 1.03. The van der Waals surface area contributed by atoms with Gasteiger partial charge in [-0.2, -0.15) is 0 Å². The highest BCUT2D eigenvalue weighted by Crippen LogP contribution is 2.22. The zero-order valence-electron chi connectivity index (χ0n) is 17.4. The molecule has 1 aromatic heterocycles. The summed E-state index contributed by atoms with van der Waals surface area (Å²) >= 11 is 0. The number of H-pyrrole nitrogens is 1. The molecule has 0 amide bonds. The van der Waals surface area contributed by atoms with Crippen molar-refractivity contribution in [1.82, 2.24) is 4.98 Å². The molecule has 0 saturated heterocycles. The minimum absolute atomic E-state index is 0.157. The lowest BCUT2D eigenvalue weighted by Gasteiger charge is -2.08. The predicted molar refractivity (Wildman–Crippen MR) is 117 cm³/mol. The Labute approximate surface area is 165 Å². The van der Waals surface area contributed by atoms with Crippen molar-refractivity contribution >= 4 is 16.7 Å². The van der Waals surface area contributed by atoms with Crippen molar-refractivity contribution in [2.24, 2.45) is 0 Å². The van der Waals surface area contributed by atoms with E-state index in [1.807, 2.05) is 36.5 Å². The van der Waals surface area contributed by atoms with Crippen LogP contribution in [0, 0.1) is 0 Å². The standard InChI is InChI=1S/C25H37NO/c1-3-5-7-9-11-15-21(16-12-10-8-6-4-2)19-25(27)23-20-26-24-18-14-13-17-22(23)24/h13-14,17-20,26H,3-12,15-16H2,1-2H3. The number of aromatic amines is 1. The first-order chi connectivity index (χ1) is 13.3. The van der Waals surface area contributed by atoms with Crippen molar-refractivity contribution in [3.8, 4) is 0 Å². The van der Waals surface area contributed by atoms with Crippen molar-refractivity contribution < 1.29 is 4.79 Å². The fourth-order valence-electron chi connectivity index (χ4n) is 3.72. The van der Waals surface area contributed by atoms with E-state index in [1.54, 1.807) is 0 Å². The van der Waals surface area contributed by atoms with Crippen LogP contribution >= 0.6 is 0 Å². The van der Waals surface area contributed by atoms with Crippen LogP contribution in [0.3, 0.4) is 0 Å². The van der Waals surface area contributed by atoms with E-state index in [9.17, 15) is 4.79 Å². The second-order valence-electron chi connectivity index (χ2n) is 7.74. The second-order valence-corrected chi connectivity index (χ2v) is 7.74. The molecule has 2 nitrogen and oxygen atoms in total. The third kappa shape index (κ3) is 7.36. The van der Waals surface area contributed by atoms with Crippen LogP contribution < -0.4 is 0 Å². The number of carbonyl (C=O) groups is 1. The molecule has 0 radical (unpaired) electrons. The van der Waals surface area contributed by atoms with Gasteiger partial charge in [-0.3, -0.25) is 4.79 Å². The number of carbonyl (C=O) groups excluding carboxylic acids is 1. The number of ketones is 1. The van der Waals surface area contributed by atoms with Crippen LogP contribution in [0.4, 0.5) is 0 Å². The Balaban J connectivity index is 1.99. The Morgan fingerprint density at radius 3 is 2.07 bits per heavy atom. The number of nitrogens with one attached hydrogen (secondary N) is 1. The van der Waals surface area contributed by atoms with Gasteiger partial charge >= 0.3 is 0 Å². The van der Waals surface area contributed by atoms with Crippen LogP contribution in [0.1, 0.15) is 101 Å². The van der Waals surface area contributed by atoms with Gasteiger partial charge in [0.15, 0.2) is 5.78 Å². The van der Waals surface area contributed by atoms with Crippen LogP contribution in [-0.2, 0) is 0 Å². The van der Waals surface area contributed by atoms with E-state index in [0.717, 1.165) is 29.3 Å². The molecule has 0 aliphatic rings. The van der Waals surface area contributed by atoms with Gasteiger partial charge in [-0.25, -0.2) is 0 Å². The van der Waals surface area contributed by atoms with Crippen LogP contribution in [0.2, 0.25) is 0 Å². The van der Waals surface area contributed by atoms with Crippen LogP contribution in [0.5, 0.6) is 0 Å². The number of para-hydroxylation sites is 1. The van der Waals surface area contributed by atoms with Gasteiger partial charge in [-0.15, -0.1) is 0 Å². The van der Waals surface area contributed by atoms with E-state index in [2.05, 4.69) is 18.8 Å². The summed E-state index contributed by atoms with van der Waals surface area (Å²) in [6.07, 6.45) is 18.8. The molecule has 0 fully saturated rings. The SMILES string of the molecule is CCCCCCCC(=CC(=O)c1c[nH]c2ccccc12)CCCCCCC. The summed E-state index contributed by atoms with van der Waals surface area (Å²) in [6, 6.07) is 8.06. The minimum atomic E-state index is 0.157. The molecule has 0 bridgehead atoms. The van der Waals surface area contributed by atoms with Gasteiger partial charge in [0.2, 0.25) is 0 Å². The van der Waals surface area contributed by atoms with Crippen molar-refractivity contribution in [2.75, 3.05) is 0 Å². The Kier molecular flexibility index (Phi) is 9.97. The number of hydrogen-bond donors (Lipinski definition) is 1. The molecule has 27 heavy (non-hydrogen) atoms. The fraction of sp³-hybridized carbons (Fsp3) is 0.560. The highest BCUT2D eigenvalue weighted by Gasteiger charge is 2.11. The lowest BCUT2D eigenvalue weighted by atomic mass is 9.97. The molecule has 1 heterocycles. The van der Waals surface area contributed by atoms with Gasteiger partial charge in [0.25, 0.3) is 0 Å². The molecule has 0 unspecified atom stereocenters. The minimum Gasteiger partial charge on any atom is -0.360 e. The van der Waals surface area contributed by atoms with Gasteiger partial charge in [0, 0.05) is 22.7 Å². The molecule has 0 atom stereocenters. The Bertz CT molecular complexity index is 694. The van der Waals surface area contributed by atoms with Crippen LogP contribution in [0.15, 0.2) is 42.1 Å². The summed E-state index contributed by atoms with van der Waals surface area (Å²) in [5.41, 5.74) is 3.19. The Hall–Kier alpha value is -1.83. The van der Waals surface area contributed by atoms with Gasteiger partial charge in [0.1, 0.15) is 0 Å². The maximum absolute atomic E-state index is 12.9. The van der Waals surface area contributed by atoms with E-state index in [4.69, 9.17) is 0 Å². The second kappa shape index (κ2) is 12.5. The first kappa shape index (κ1) is 21.5. The van der Waals surface area contributed by atoms with Crippen molar-refractivity contribution in [3.05, 3.63) is 47.7 Å². The molecule has 0 aliphatic heterocycles. The highest BCUT2D eigenvalue weighted by atomic mass is 16.1. The molecule has 148 valence electrons. The van der Waals surface area contributed by atoms with Gasteiger partial charge in [-0.05, 0) is 37.8 Å². The maximum atomic E-state index is 12.9. The summed E-state index contributed by atoms with van der Waals surface area (Å²) in [5.74, 6) is 0.157. The van der Waals surface area contributed by atoms with Gasteiger partial charge < -0.3 is 4.98 Å². The molecule has 2 heteroatoms. The van der Waals surface area contributed by atoms with Gasteiger partial charge in [0.05, 0.1) is 0 Å². The lowest BCUT2D eigenvalue weighted by molar-refractivity contribution is 0.104. The van der Waals surface area contributed by atoms with E-state index in [1.165, 1.54) is 69.8 Å². The zero-order chi connectivity index (χ0) is 19.3. The number of benzene rings is 1. The molecule has 1 N–H and O–H groups in total. The van der Waals surface area contributed by atoms with Crippen molar-refractivity contribution in [1.29, 1.82) is 0 Å². The van der Waals surface area contributed by atoms with E-state index < -0.39 is 0 Å². The average molecular weight is 368 g/mol. The van der Waals surface area contributed by atoms with E-state index in [-0.39, 0.29) is 5.78 Å². The predicted octanol–water partition coefficient (Wildman–Crippen LogP) is 8.00. The first-order valence-electron chi connectivity index (χ1n) is 11.1. The number of aromatic nitrogens is 1. The first-order valence-corrected chi connectivity index (χ1v) is 11.1. The van der Waals surface area contributed by atoms with Crippen LogP contribution in [0.25, 0.3) is 10.9 Å². The Morgan fingerprint density at radius 1 is 0.852 bits per heavy atom. The number of rotatable bonds is 14. The monoisotopic (exact) mass is 367 g/mol. The summed E-state index contributed by atoms with van der Waals surface area (Å²) < 4.78 is 0. The van der Waals surface area contributed by atoms with Crippen molar-refractivity contribution in [3.63, 3.8) is 0 Å². The molecular formula is C25H37NO. The third-order valence-electron chi connectivity index (χ3n) is 5.39. The van der Waals surface area contributed by atoms with Crippen molar-refractivity contribution in [2.45, 2.75) is 90.9 Å². The van der Waals surface area contributed by atoms with Crippen LogP contribution in [-0.4, -0.2) is 10.8 Å². The lowest BCUT2D eigenvalue weighted by Crippen LogP contribution is -1.97. The highest BCUT2D eigenvalue weighted by molar-refractivity contribution is 6.13. The summed E-state index contributed by atoms with van der Waals surface area (Å²) in [7, 11) is 0.